The van der Waals surface area contributed by atoms with E-state index in [1.807, 2.05) is 0 Å². The van der Waals surface area contributed by atoms with Crippen LogP contribution in [-0.4, -0.2) is 65.0 Å². The molecule has 51 heavy (non-hydrogen) atoms. The molecule has 1 N–H and O–H groups in total. The summed E-state index contributed by atoms with van der Waals surface area (Å²) in [7, 11) is 5.20. The summed E-state index contributed by atoms with van der Waals surface area (Å²) in [5, 5.41) is 12.9. The zero-order valence-electron chi connectivity index (χ0n) is 35.2. The van der Waals surface area contributed by atoms with Crippen LogP contribution in [0.1, 0.15) is 233 Å². The van der Waals surface area contributed by atoms with Gasteiger partial charge in [0.05, 0.1) is 21.1 Å². The van der Waals surface area contributed by atoms with Crippen LogP contribution in [0, 0.1) is 0 Å². The molecular formula is C45H86NO5+. The van der Waals surface area contributed by atoms with Gasteiger partial charge in [-0.3, -0.25) is 19.2 Å². The lowest BCUT2D eigenvalue weighted by Gasteiger charge is -2.50. The second kappa shape index (κ2) is 30.0. The largest absolute Gasteiger partial charge is 0.369 e. The monoisotopic (exact) mass is 721 g/mol. The van der Waals surface area contributed by atoms with E-state index in [0.717, 1.165) is 89.9 Å². The van der Waals surface area contributed by atoms with Crippen molar-refractivity contribution in [3.63, 3.8) is 0 Å². The van der Waals surface area contributed by atoms with E-state index < -0.39 is 34.3 Å². The zero-order valence-corrected chi connectivity index (χ0v) is 35.2. The molecule has 0 atom stereocenters. The standard InChI is InChI=1S/C45H86NO5/c1-8-12-16-20-24-28-32-36-40(47)44(46(5,6)7,41(48)37-33-29-25-21-17-13-9-2)45(51,42(49)38-34-30-26-22-18-14-10-3)43(50)39-35-31-27-23-19-15-11-4/h51H,8-39H2,1-7H3/q+1. The number of Topliss-reactive ketones (excluding diaryl/α,β-unsaturated/α-hetero) is 4. The van der Waals surface area contributed by atoms with E-state index in [2.05, 4.69) is 27.7 Å². The molecule has 0 aliphatic rings. The zero-order chi connectivity index (χ0) is 38.4. The molecule has 300 valence electrons. The van der Waals surface area contributed by atoms with Gasteiger partial charge in [0.15, 0.2) is 11.6 Å². The average molecular weight is 721 g/mol. The SMILES string of the molecule is CCCCCCCCCC(=O)C(O)(C(=O)CCCCCCCCC)C(C(=O)CCCCCCCCC)(C(=O)CCCCCCCCC)[N+](C)(C)C. The smallest absolute Gasteiger partial charge is 0.259 e. The molecule has 0 aliphatic carbocycles. The predicted octanol–water partition coefficient (Wildman–Crippen LogP) is 12.0. The molecule has 0 saturated heterocycles. The van der Waals surface area contributed by atoms with Crippen LogP contribution in [0.2, 0.25) is 0 Å². The normalized spacial score (nSPS) is 12.4. The molecule has 0 spiro atoms. The van der Waals surface area contributed by atoms with Gasteiger partial charge in [0.1, 0.15) is 0 Å². The number of hydrogen-bond acceptors (Lipinski definition) is 5. The Kier molecular flexibility index (Phi) is 29.2. The van der Waals surface area contributed by atoms with E-state index in [1.165, 1.54) is 64.2 Å². The maximum atomic E-state index is 14.8. The summed E-state index contributed by atoms with van der Waals surface area (Å²) in [5.41, 5.74) is -4.83. The van der Waals surface area contributed by atoms with Crippen LogP contribution in [0.3, 0.4) is 0 Å². The minimum absolute atomic E-state index is 0.00417. The van der Waals surface area contributed by atoms with Crippen molar-refractivity contribution in [2.24, 2.45) is 0 Å². The Bertz CT molecular complexity index is 860. The number of nitrogens with zero attached hydrogens (tertiary/aromatic N) is 1. The molecule has 0 heterocycles. The van der Waals surface area contributed by atoms with Crippen molar-refractivity contribution in [3.8, 4) is 0 Å². The van der Waals surface area contributed by atoms with Crippen LogP contribution in [-0.2, 0) is 19.2 Å². The summed E-state index contributed by atoms with van der Waals surface area (Å²) in [4.78, 5) is 58.6. The van der Waals surface area contributed by atoms with Gasteiger partial charge in [-0.05, 0) is 25.7 Å². The Morgan fingerprint density at radius 3 is 0.765 bits per heavy atom. The van der Waals surface area contributed by atoms with Gasteiger partial charge >= 0.3 is 0 Å². The summed E-state index contributed by atoms with van der Waals surface area (Å²) in [5.74, 6) is -2.12. The van der Waals surface area contributed by atoms with Crippen molar-refractivity contribution in [1.82, 2.24) is 0 Å². The first kappa shape index (κ1) is 49.6. The van der Waals surface area contributed by atoms with Crippen molar-refractivity contribution in [2.45, 2.75) is 244 Å². The fourth-order valence-corrected chi connectivity index (χ4v) is 8.05. The second-order valence-electron chi connectivity index (χ2n) is 16.6. The quantitative estimate of drug-likeness (QED) is 0.0390. The van der Waals surface area contributed by atoms with Crippen molar-refractivity contribution in [2.75, 3.05) is 21.1 Å². The van der Waals surface area contributed by atoms with Gasteiger partial charge in [-0.15, -0.1) is 0 Å². The molecule has 0 aromatic rings. The first-order valence-corrected chi connectivity index (χ1v) is 22.1. The highest BCUT2D eigenvalue weighted by molar-refractivity contribution is 6.25. The van der Waals surface area contributed by atoms with Crippen molar-refractivity contribution in [1.29, 1.82) is 0 Å². The molecule has 0 bridgehead atoms. The van der Waals surface area contributed by atoms with Gasteiger partial charge in [0.2, 0.25) is 11.6 Å². The molecule has 0 aromatic carbocycles. The minimum atomic E-state index is -2.67. The molecular weight excluding hydrogens is 634 g/mol. The van der Waals surface area contributed by atoms with Gasteiger partial charge in [-0.2, -0.15) is 0 Å². The lowest BCUT2D eigenvalue weighted by Crippen LogP contribution is -2.81. The number of quaternary nitrogens is 1. The van der Waals surface area contributed by atoms with E-state index in [0.29, 0.717) is 25.7 Å². The number of likely N-dealkylation sites (N-methyl/N-ethyl adjacent to an activating group) is 1. The summed E-state index contributed by atoms with van der Waals surface area (Å²) in [6.07, 6.45) is 28.3. The summed E-state index contributed by atoms with van der Waals surface area (Å²) < 4.78 is -0.264. The van der Waals surface area contributed by atoms with Crippen molar-refractivity contribution < 1.29 is 28.8 Å². The van der Waals surface area contributed by atoms with Crippen LogP contribution in [0.5, 0.6) is 0 Å². The molecule has 0 saturated carbocycles. The third-order valence-corrected chi connectivity index (χ3v) is 11.2. The number of carbonyl (C=O) groups excluding carboxylic acids is 4. The molecule has 0 fully saturated rings. The maximum absolute atomic E-state index is 14.8. The third-order valence-electron chi connectivity index (χ3n) is 11.2. The molecule has 0 aliphatic heterocycles. The number of carbonyl (C=O) groups is 4. The highest BCUT2D eigenvalue weighted by atomic mass is 16.3. The van der Waals surface area contributed by atoms with Gasteiger partial charge in [0, 0.05) is 25.7 Å². The first-order valence-electron chi connectivity index (χ1n) is 22.1. The Morgan fingerprint density at radius 1 is 0.353 bits per heavy atom. The molecule has 0 amide bonds. The Morgan fingerprint density at radius 2 is 0.549 bits per heavy atom. The Hall–Kier alpha value is -1.40. The highest BCUT2D eigenvalue weighted by Gasteiger charge is 2.73. The van der Waals surface area contributed by atoms with Crippen molar-refractivity contribution in [3.05, 3.63) is 0 Å². The topological polar surface area (TPSA) is 88.5 Å². The van der Waals surface area contributed by atoms with Gasteiger partial charge in [-0.1, -0.05) is 182 Å². The summed E-state index contributed by atoms with van der Waals surface area (Å²) in [6, 6.07) is 0. The minimum Gasteiger partial charge on any atom is -0.369 e. The van der Waals surface area contributed by atoms with E-state index >= 15 is 0 Å². The molecule has 6 nitrogen and oxygen atoms in total. The fourth-order valence-electron chi connectivity index (χ4n) is 8.05. The highest BCUT2D eigenvalue weighted by Crippen LogP contribution is 2.41. The van der Waals surface area contributed by atoms with E-state index in [1.54, 1.807) is 21.1 Å². The van der Waals surface area contributed by atoms with Gasteiger partial charge in [0.25, 0.3) is 11.1 Å². The van der Waals surface area contributed by atoms with Crippen LogP contribution in [0.25, 0.3) is 0 Å². The van der Waals surface area contributed by atoms with E-state index in [-0.39, 0.29) is 30.2 Å². The van der Waals surface area contributed by atoms with Crippen LogP contribution < -0.4 is 0 Å². The summed E-state index contributed by atoms with van der Waals surface area (Å²) in [6.45, 7) is 8.76. The second-order valence-corrected chi connectivity index (χ2v) is 16.6. The summed E-state index contributed by atoms with van der Waals surface area (Å²) >= 11 is 0. The Balaban J connectivity index is 6.55. The molecule has 0 radical (unpaired) electrons. The van der Waals surface area contributed by atoms with Gasteiger partial charge in [-0.25, -0.2) is 0 Å². The number of aliphatic hydroxyl groups is 1. The number of rotatable bonds is 38. The molecule has 0 aromatic heterocycles. The predicted molar refractivity (Wildman–Crippen MR) is 216 cm³/mol. The fraction of sp³-hybridized carbons (Fsp3) is 0.911. The molecule has 0 unspecified atom stereocenters. The molecule has 0 rings (SSSR count). The van der Waals surface area contributed by atoms with E-state index in [9.17, 15) is 24.3 Å². The maximum Gasteiger partial charge on any atom is 0.259 e. The van der Waals surface area contributed by atoms with Crippen LogP contribution in [0.4, 0.5) is 0 Å². The van der Waals surface area contributed by atoms with Crippen LogP contribution >= 0.6 is 0 Å². The molecule has 6 heteroatoms. The van der Waals surface area contributed by atoms with Gasteiger partial charge < -0.3 is 9.59 Å². The van der Waals surface area contributed by atoms with Crippen LogP contribution in [0.15, 0.2) is 0 Å². The number of unbranched alkanes of at least 4 members (excludes halogenated alkanes) is 24. The lowest BCUT2D eigenvalue weighted by atomic mass is 9.63. The number of hydrogen-bond donors (Lipinski definition) is 1. The van der Waals surface area contributed by atoms with Crippen molar-refractivity contribution >= 4 is 23.1 Å². The van der Waals surface area contributed by atoms with E-state index in [4.69, 9.17) is 0 Å². The lowest BCUT2D eigenvalue weighted by molar-refractivity contribution is -0.907. The average Bonchev–Trinajstić information content (AvgIpc) is 3.09. The number of ketones is 4. The third kappa shape index (κ3) is 18.0. The first-order chi connectivity index (χ1) is 24.4. The Labute approximate surface area is 316 Å².